The predicted molar refractivity (Wildman–Crippen MR) is 83.0 cm³/mol. The van der Waals surface area contributed by atoms with Gasteiger partial charge in [0.2, 0.25) is 0 Å². The quantitative estimate of drug-likeness (QED) is 0.809. The highest BCUT2D eigenvalue weighted by molar-refractivity contribution is 14.1. The molecule has 0 aromatic heterocycles. The lowest BCUT2D eigenvalue weighted by atomic mass is 10.1. The molecule has 2 rings (SSSR count). The van der Waals surface area contributed by atoms with Gasteiger partial charge in [-0.3, -0.25) is 4.79 Å². The third kappa shape index (κ3) is 2.72. The van der Waals surface area contributed by atoms with E-state index in [1.165, 1.54) is 0 Å². The van der Waals surface area contributed by atoms with E-state index in [4.69, 9.17) is 0 Å². The molecule has 0 aliphatic rings. The van der Waals surface area contributed by atoms with Gasteiger partial charge in [-0.05, 0) is 59.7 Å². The van der Waals surface area contributed by atoms with Gasteiger partial charge >= 0.3 is 0 Å². The Kier molecular flexibility index (Phi) is 4.01. The minimum absolute atomic E-state index is 0.0493. The summed E-state index contributed by atoms with van der Waals surface area (Å²) in [6.45, 7) is 3.94. The first-order valence-electron chi connectivity index (χ1n) is 5.71. The molecule has 18 heavy (non-hydrogen) atoms. The maximum atomic E-state index is 12.3. The van der Waals surface area contributed by atoms with Crippen LogP contribution in [0.5, 0.6) is 0 Å². The van der Waals surface area contributed by atoms with Crippen LogP contribution in [0.4, 0.5) is 5.69 Å². The summed E-state index contributed by atoms with van der Waals surface area (Å²) in [5, 5.41) is 2.96. The Morgan fingerprint density at radius 3 is 2.33 bits per heavy atom. The van der Waals surface area contributed by atoms with Crippen LogP contribution in [0.2, 0.25) is 0 Å². The van der Waals surface area contributed by atoms with Gasteiger partial charge in [-0.1, -0.05) is 30.3 Å². The van der Waals surface area contributed by atoms with E-state index >= 15 is 0 Å². The monoisotopic (exact) mass is 351 g/mol. The first-order chi connectivity index (χ1) is 8.59. The molecule has 0 radical (unpaired) electrons. The second-order valence-corrected chi connectivity index (χ2v) is 5.36. The van der Waals surface area contributed by atoms with E-state index < -0.39 is 0 Å². The summed E-state index contributed by atoms with van der Waals surface area (Å²) >= 11 is 2.19. The highest BCUT2D eigenvalue weighted by atomic mass is 127. The van der Waals surface area contributed by atoms with Crippen molar-refractivity contribution < 1.29 is 4.79 Å². The molecule has 3 heteroatoms. The van der Waals surface area contributed by atoms with Crippen LogP contribution < -0.4 is 5.32 Å². The van der Waals surface area contributed by atoms with Crippen LogP contribution in [-0.4, -0.2) is 5.91 Å². The lowest BCUT2D eigenvalue weighted by Crippen LogP contribution is -2.15. The lowest BCUT2D eigenvalue weighted by molar-refractivity contribution is 0.102. The van der Waals surface area contributed by atoms with Crippen molar-refractivity contribution in [1.82, 2.24) is 0 Å². The second kappa shape index (κ2) is 5.52. The van der Waals surface area contributed by atoms with Crippen LogP contribution in [-0.2, 0) is 0 Å². The number of halogens is 1. The molecule has 2 aromatic rings. The molecule has 0 atom stereocenters. The van der Waals surface area contributed by atoms with Crippen molar-refractivity contribution in [2.24, 2.45) is 0 Å². The molecule has 0 aliphatic heterocycles. The number of carbonyl (C=O) groups is 1. The van der Waals surface area contributed by atoms with Gasteiger partial charge in [0.15, 0.2) is 0 Å². The molecule has 0 saturated carbocycles. The summed E-state index contributed by atoms with van der Waals surface area (Å²) in [6.07, 6.45) is 0. The Bertz CT molecular complexity index is 573. The van der Waals surface area contributed by atoms with Crippen molar-refractivity contribution in [1.29, 1.82) is 0 Å². The Morgan fingerprint density at radius 1 is 1.00 bits per heavy atom. The predicted octanol–water partition coefficient (Wildman–Crippen LogP) is 4.16. The van der Waals surface area contributed by atoms with Crippen molar-refractivity contribution in [3.63, 3.8) is 0 Å². The van der Waals surface area contributed by atoms with E-state index in [2.05, 4.69) is 27.9 Å². The number of anilines is 1. The maximum Gasteiger partial charge on any atom is 0.257 e. The van der Waals surface area contributed by atoms with Gasteiger partial charge in [-0.15, -0.1) is 0 Å². The molecule has 2 nitrogen and oxygen atoms in total. The molecular weight excluding hydrogens is 337 g/mol. The number of aryl methyl sites for hydroxylation is 2. The zero-order valence-corrected chi connectivity index (χ0v) is 12.5. The molecule has 1 N–H and O–H groups in total. The molecular formula is C15H14INO. The van der Waals surface area contributed by atoms with Crippen LogP contribution in [0.25, 0.3) is 0 Å². The van der Waals surface area contributed by atoms with Crippen LogP contribution in [0, 0.1) is 17.4 Å². The van der Waals surface area contributed by atoms with Crippen LogP contribution in [0.1, 0.15) is 21.5 Å². The van der Waals surface area contributed by atoms with E-state index in [0.29, 0.717) is 0 Å². The van der Waals surface area contributed by atoms with Crippen molar-refractivity contribution in [2.75, 3.05) is 5.32 Å². The molecule has 0 saturated heterocycles. The maximum absolute atomic E-state index is 12.3. The molecule has 92 valence electrons. The van der Waals surface area contributed by atoms with E-state index in [1.54, 1.807) is 0 Å². The number of para-hydroxylation sites is 1. The summed E-state index contributed by atoms with van der Waals surface area (Å²) in [6, 6.07) is 13.6. The summed E-state index contributed by atoms with van der Waals surface area (Å²) < 4.78 is 0.971. The van der Waals surface area contributed by atoms with Gasteiger partial charge in [-0.25, -0.2) is 0 Å². The van der Waals surface area contributed by atoms with E-state index in [9.17, 15) is 4.79 Å². The molecule has 2 aromatic carbocycles. The highest BCUT2D eigenvalue weighted by Crippen LogP contribution is 2.20. The fraction of sp³-hybridized carbons (Fsp3) is 0.133. The summed E-state index contributed by atoms with van der Waals surface area (Å²) in [4.78, 5) is 12.3. The van der Waals surface area contributed by atoms with Gasteiger partial charge in [0.1, 0.15) is 0 Å². The van der Waals surface area contributed by atoms with E-state index in [-0.39, 0.29) is 5.91 Å². The average Bonchev–Trinajstić information content (AvgIpc) is 2.32. The Balaban J connectivity index is 2.31. The zero-order chi connectivity index (χ0) is 13.1. The van der Waals surface area contributed by atoms with Gasteiger partial charge in [0.25, 0.3) is 5.91 Å². The summed E-state index contributed by atoms with van der Waals surface area (Å²) in [5.74, 6) is -0.0493. The Morgan fingerprint density at radius 2 is 1.67 bits per heavy atom. The summed E-state index contributed by atoms with van der Waals surface area (Å²) in [7, 11) is 0. The molecule has 0 heterocycles. The lowest BCUT2D eigenvalue weighted by Gasteiger charge is -2.11. The first kappa shape index (κ1) is 13.1. The number of nitrogens with one attached hydrogen (secondary N) is 1. The fourth-order valence-electron chi connectivity index (χ4n) is 1.82. The van der Waals surface area contributed by atoms with Crippen LogP contribution in [0.15, 0.2) is 42.5 Å². The molecule has 0 unspecified atom stereocenters. The Hall–Kier alpha value is -1.36. The molecule has 0 spiro atoms. The second-order valence-electron chi connectivity index (χ2n) is 4.20. The molecule has 0 aliphatic carbocycles. The third-order valence-electron chi connectivity index (χ3n) is 2.84. The largest absolute Gasteiger partial charge is 0.322 e. The minimum Gasteiger partial charge on any atom is -0.322 e. The minimum atomic E-state index is -0.0493. The number of amides is 1. The van der Waals surface area contributed by atoms with Gasteiger partial charge in [0, 0.05) is 9.26 Å². The average molecular weight is 351 g/mol. The molecule has 1 amide bonds. The normalized spacial score (nSPS) is 10.2. The standard InChI is InChI=1S/C15H14INO/c1-10-6-3-4-9-13(10)17-15(18)14-11(2)7-5-8-12(14)16/h3-9H,1-2H3,(H,17,18). The van der Waals surface area contributed by atoms with Crippen LogP contribution >= 0.6 is 22.6 Å². The highest BCUT2D eigenvalue weighted by Gasteiger charge is 2.13. The topological polar surface area (TPSA) is 29.1 Å². The molecule has 0 bridgehead atoms. The van der Waals surface area contributed by atoms with Crippen molar-refractivity contribution in [2.45, 2.75) is 13.8 Å². The Labute approximate surface area is 121 Å². The van der Waals surface area contributed by atoms with Gasteiger partial charge in [-0.2, -0.15) is 0 Å². The molecule has 0 fully saturated rings. The van der Waals surface area contributed by atoms with Gasteiger partial charge in [0.05, 0.1) is 5.56 Å². The number of benzene rings is 2. The smallest absolute Gasteiger partial charge is 0.257 e. The van der Waals surface area contributed by atoms with Crippen molar-refractivity contribution in [3.8, 4) is 0 Å². The SMILES string of the molecule is Cc1ccccc1NC(=O)c1c(C)cccc1I. The number of hydrogen-bond donors (Lipinski definition) is 1. The number of rotatable bonds is 2. The van der Waals surface area contributed by atoms with Gasteiger partial charge < -0.3 is 5.32 Å². The van der Waals surface area contributed by atoms with Crippen LogP contribution in [0.3, 0.4) is 0 Å². The fourth-order valence-corrected chi connectivity index (χ4v) is 2.70. The summed E-state index contributed by atoms with van der Waals surface area (Å²) in [5.41, 5.74) is 3.67. The van der Waals surface area contributed by atoms with Crippen molar-refractivity contribution >= 4 is 34.2 Å². The zero-order valence-electron chi connectivity index (χ0n) is 10.3. The first-order valence-corrected chi connectivity index (χ1v) is 6.79. The number of carbonyl (C=O) groups excluding carboxylic acids is 1. The number of hydrogen-bond acceptors (Lipinski definition) is 1. The van der Waals surface area contributed by atoms with Crippen molar-refractivity contribution in [3.05, 3.63) is 62.7 Å². The third-order valence-corrected chi connectivity index (χ3v) is 3.74. The van der Waals surface area contributed by atoms with E-state index in [0.717, 1.165) is 25.9 Å². The van der Waals surface area contributed by atoms with E-state index in [1.807, 2.05) is 56.3 Å².